The molecule has 39 heavy (non-hydrogen) atoms. The first-order chi connectivity index (χ1) is 19.0. The fourth-order valence-corrected chi connectivity index (χ4v) is 4.41. The largest absolute Gasteiger partial charge is 0.344 e. The Bertz CT molecular complexity index is 1570. The molecule has 0 fully saturated rings. The van der Waals surface area contributed by atoms with Crippen molar-refractivity contribution in [1.29, 1.82) is 0 Å². The molecule has 0 saturated heterocycles. The highest BCUT2D eigenvalue weighted by Crippen LogP contribution is 2.31. The summed E-state index contributed by atoms with van der Waals surface area (Å²) in [5.74, 6) is -1.00. The summed E-state index contributed by atoms with van der Waals surface area (Å²) in [5.41, 5.74) is 3.70. The lowest BCUT2D eigenvalue weighted by Crippen LogP contribution is -2.27. The highest BCUT2D eigenvalue weighted by atomic mass is 35.5. The van der Waals surface area contributed by atoms with E-state index in [1.165, 1.54) is 29.2 Å². The van der Waals surface area contributed by atoms with Crippen LogP contribution >= 0.6 is 11.6 Å². The molecule has 1 atom stereocenters. The first kappa shape index (κ1) is 25.9. The second-order valence-corrected chi connectivity index (χ2v) is 9.24. The van der Waals surface area contributed by atoms with E-state index in [2.05, 4.69) is 31.1 Å². The van der Waals surface area contributed by atoms with Crippen molar-refractivity contribution >= 4 is 35.2 Å². The summed E-state index contributed by atoms with van der Waals surface area (Å²) in [6.07, 6.45) is 11.1. The molecule has 1 aliphatic rings. The molecule has 4 aromatic rings. The van der Waals surface area contributed by atoms with Crippen LogP contribution in [0.5, 0.6) is 0 Å². The predicted octanol–water partition coefficient (Wildman–Crippen LogP) is 5.07. The van der Waals surface area contributed by atoms with Crippen LogP contribution in [-0.4, -0.2) is 37.0 Å². The average molecular weight is 544 g/mol. The summed E-state index contributed by atoms with van der Waals surface area (Å²) in [4.78, 5) is 30.0. The molecular weight excluding hydrogens is 521 g/mol. The maximum absolute atomic E-state index is 14.0. The molecule has 5 rings (SSSR count). The Hall–Kier alpha value is -4.70. The number of carbonyl (C=O) groups is 2. The molecule has 0 spiro atoms. The molecule has 2 N–H and O–H groups in total. The molecule has 2 aromatic carbocycles. The monoisotopic (exact) mass is 543 g/mol. The van der Waals surface area contributed by atoms with Gasteiger partial charge in [-0.05, 0) is 83.4 Å². The summed E-state index contributed by atoms with van der Waals surface area (Å²) in [6, 6.07) is 12.6. The number of benzene rings is 2. The third-order valence-corrected chi connectivity index (χ3v) is 6.33. The minimum atomic E-state index is -0.454. The maximum atomic E-state index is 14.0. The molecule has 11 heteroatoms. The molecule has 1 aliphatic heterocycles. The van der Waals surface area contributed by atoms with Crippen LogP contribution in [0.3, 0.4) is 0 Å². The number of fused-ring (bicyclic) bond motifs is 4. The second-order valence-electron chi connectivity index (χ2n) is 8.81. The highest BCUT2D eigenvalue weighted by Gasteiger charge is 2.17. The minimum absolute atomic E-state index is 0.211. The lowest BCUT2D eigenvalue weighted by molar-refractivity contribution is -0.117. The third kappa shape index (κ3) is 6.42. The number of hydrogen-bond acceptors (Lipinski definition) is 6. The fourth-order valence-electron chi connectivity index (χ4n) is 4.23. The first-order valence-corrected chi connectivity index (χ1v) is 12.6. The van der Waals surface area contributed by atoms with Crippen LogP contribution in [0, 0.1) is 5.82 Å². The summed E-state index contributed by atoms with van der Waals surface area (Å²) < 4.78 is 15.5. The van der Waals surface area contributed by atoms with Gasteiger partial charge in [0.05, 0.1) is 23.1 Å². The molecule has 0 saturated carbocycles. The Morgan fingerprint density at radius 2 is 2.05 bits per heavy atom. The summed E-state index contributed by atoms with van der Waals surface area (Å²) in [7, 11) is 0. The normalized spacial score (nSPS) is 16.4. The van der Waals surface area contributed by atoms with Gasteiger partial charge < -0.3 is 10.6 Å². The van der Waals surface area contributed by atoms with E-state index in [1.807, 2.05) is 18.2 Å². The van der Waals surface area contributed by atoms with E-state index >= 15 is 0 Å². The summed E-state index contributed by atoms with van der Waals surface area (Å²) in [5, 5.41) is 17.6. The Morgan fingerprint density at radius 1 is 1.15 bits per heavy atom. The zero-order valence-electron chi connectivity index (χ0n) is 20.6. The molecule has 0 aliphatic carbocycles. The van der Waals surface area contributed by atoms with Gasteiger partial charge in [0.1, 0.15) is 12.1 Å². The van der Waals surface area contributed by atoms with E-state index in [0.29, 0.717) is 46.1 Å². The number of rotatable bonds is 4. The van der Waals surface area contributed by atoms with Crippen molar-refractivity contribution in [1.82, 2.24) is 30.5 Å². The molecule has 2 aromatic heterocycles. The predicted molar refractivity (Wildman–Crippen MR) is 145 cm³/mol. The van der Waals surface area contributed by atoms with Crippen LogP contribution in [0.2, 0.25) is 5.02 Å². The van der Waals surface area contributed by atoms with Crippen LogP contribution in [0.4, 0.5) is 10.1 Å². The Morgan fingerprint density at radius 3 is 2.90 bits per heavy atom. The van der Waals surface area contributed by atoms with Crippen molar-refractivity contribution in [2.45, 2.75) is 25.3 Å². The van der Waals surface area contributed by atoms with Crippen molar-refractivity contribution in [2.75, 3.05) is 5.32 Å². The molecule has 0 unspecified atom stereocenters. The van der Waals surface area contributed by atoms with Gasteiger partial charge in [0, 0.05) is 34.8 Å². The zero-order chi connectivity index (χ0) is 27.2. The molecule has 2 amide bonds. The van der Waals surface area contributed by atoms with E-state index in [0.717, 1.165) is 5.56 Å². The van der Waals surface area contributed by atoms with Crippen LogP contribution in [0.1, 0.15) is 36.6 Å². The van der Waals surface area contributed by atoms with Gasteiger partial charge in [-0.3, -0.25) is 14.6 Å². The standard InChI is InChI=1S/C28H23ClFN7O2/c29-20-7-10-26(37-17-32-35-36-37)19(14-20)6-11-28(39)33-23-4-2-1-3-5-27(38)34-24-16-21(30)8-9-22(24)18-12-13-31-25(23)15-18/h1-2,6-17,23H,3-5H2,(H,33,39)(H,34,38)/b2-1-,11-6+/t23-/m0/s1. The van der Waals surface area contributed by atoms with Gasteiger partial charge in [0.2, 0.25) is 11.8 Å². The Balaban J connectivity index is 1.43. The van der Waals surface area contributed by atoms with E-state index < -0.39 is 11.9 Å². The van der Waals surface area contributed by atoms with E-state index in [1.54, 1.807) is 42.6 Å². The van der Waals surface area contributed by atoms with Crippen molar-refractivity contribution in [3.05, 3.63) is 101 Å². The molecule has 2 bridgehead atoms. The van der Waals surface area contributed by atoms with Gasteiger partial charge in [-0.25, -0.2) is 4.39 Å². The van der Waals surface area contributed by atoms with Gasteiger partial charge in [-0.2, -0.15) is 4.68 Å². The van der Waals surface area contributed by atoms with Crippen LogP contribution in [-0.2, 0) is 9.59 Å². The minimum Gasteiger partial charge on any atom is -0.344 e. The van der Waals surface area contributed by atoms with Gasteiger partial charge >= 0.3 is 0 Å². The second kappa shape index (κ2) is 11.8. The number of allylic oxidation sites excluding steroid dienone is 1. The molecule has 0 radical (unpaired) electrons. The van der Waals surface area contributed by atoms with Crippen molar-refractivity contribution < 1.29 is 14.0 Å². The number of nitrogens with zero attached hydrogens (tertiary/aromatic N) is 5. The van der Waals surface area contributed by atoms with Crippen LogP contribution < -0.4 is 10.6 Å². The van der Waals surface area contributed by atoms with Crippen LogP contribution in [0.25, 0.3) is 22.9 Å². The lowest BCUT2D eigenvalue weighted by Gasteiger charge is -2.17. The number of amides is 2. The SMILES string of the molecule is O=C(/C=C/c1cc(Cl)ccc1-n1cnnn1)N[C@H]1C/C=C\CCC(=O)Nc2cc(F)ccc2-c2ccnc1c2. The van der Waals surface area contributed by atoms with Crippen molar-refractivity contribution in [3.8, 4) is 16.8 Å². The number of carbonyl (C=O) groups excluding carboxylic acids is 2. The van der Waals surface area contributed by atoms with E-state index in [-0.39, 0.29) is 18.2 Å². The smallest absolute Gasteiger partial charge is 0.244 e. The maximum Gasteiger partial charge on any atom is 0.244 e. The van der Waals surface area contributed by atoms with Gasteiger partial charge in [-0.15, -0.1) is 5.10 Å². The molecule has 3 heterocycles. The van der Waals surface area contributed by atoms with Crippen molar-refractivity contribution in [3.63, 3.8) is 0 Å². The van der Waals surface area contributed by atoms with E-state index in [9.17, 15) is 14.0 Å². The summed E-state index contributed by atoms with van der Waals surface area (Å²) in [6.45, 7) is 0. The Kier molecular flexibility index (Phi) is 7.83. The quantitative estimate of drug-likeness (QED) is 0.274. The number of aromatic nitrogens is 5. The zero-order valence-corrected chi connectivity index (χ0v) is 21.3. The molecule has 9 nitrogen and oxygen atoms in total. The number of hydrogen-bond donors (Lipinski definition) is 2. The average Bonchev–Trinajstić information content (AvgIpc) is 3.46. The van der Waals surface area contributed by atoms with E-state index in [4.69, 9.17) is 11.6 Å². The van der Waals surface area contributed by atoms with Gasteiger partial charge in [-0.1, -0.05) is 23.8 Å². The number of nitrogens with one attached hydrogen (secondary N) is 2. The van der Waals surface area contributed by atoms with Gasteiger partial charge in [0.25, 0.3) is 0 Å². The number of halogens is 2. The number of tetrazole rings is 1. The fraction of sp³-hybridized carbons (Fsp3) is 0.143. The third-order valence-electron chi connectivity index (χ3n) is 6.10. The molecule has 196 valence electrons. The topological polar surface area (TPSA) is 115 Å². The highest BCUT2D eigenvalue weighted by molar-refractivity contribution is 6.30. The van der Waals surface area contributed by atoms with Crippen molar-refractivity contribution in [2.24, 2.45) is 0 Å². The number of pyridine rings is 1. The van der Waals surface area contributed by atoms with Crippen LogP contribution in [0.15, 0.2) is 79.3 Å². The Labute approximate surface area is 228 Å². The summed E-state index contributed by atoms with van der Waals surface area (Å²) >= 11 is 6.18. The van der Waals surface area contributed by atoms with Gasteiger partial charge in [0.15, 0.2) is 0 Å². The molecular formula is C28H23ClFN7O2. The lowest BCUT2D eigenvalue weighted by atomic mass is 10.0. The first-order valence-electron chi connectivity index (χ1n) is 12.2. The number of anilines is 1.